The Labute approximate surface area is 150 Å². The number of aromatic nitrogens is 1. The number of non-ortho nitro benzene ring substituents is 1. The van der Waals surface area contributed by atoms with Gasteiger partial charge >= 0.3 is 0 Å². The minimum Gasteiger partial charge on any atom is -0.441 e. The molecule has 7 heteroatoms. The van der Waals surface area contributed by atoms with Crippen LogP contribution >= 0.6 is 0 Å². The van der Waals surface area contributed by atoms with Crippen LogP contribution in [0, 0.1) is 17.0 Å². The number of hydrogen-bond acceptors (Lipinski definition) is 5. The maximum atomic E-state index is 12.7. The van der Waals surface area contributed by atoms with Crippen molar-refractivity contribution in [3.8, 4) is 11.5 Å². The molecule has 132 valence electrons. The van der Waals surface area contributed by atoms with E-state index in [0.29, 0.717) is 17.2 Å². The molecule has 26 heavy (non-hydrogen) atoms. The highest BCUT2D eigenvalue weighted by Crippen LogP contribution is 2.23. The molecule has 0 saturated carbocycles. The zero-order chi connectivity index (χ0) is 18.7. The second-order valence-corrected chi connectivity index (χ2v) is 5.88. The fourth-order valence-electron chi connectivity index (χ4n) is 2.59. The molecule has 1 amide bonds. The second-order valence-electron chi connectivity index (χ2n) is 5.88. The molecule has 1 heterocycles. The van der Waals surface area contributed by atoms with Crippen molar-refractivity contribution in [2.24, 2.45) is 0 Å². The molecule has 1 aromatic heterocycles. The first-order chi connectivity index (χ1) is 12.5. The summed E-state index contributed by atoms with van der Waals surface area (Å²) in [6.07, 6.45) is 0. The molecule has 0 saturated heterocycles. The summed E-state index contributed by atoms with van der Waals surface area (Å²) < 4.78 is 5.62. The van der Waals surface area contributed by atoms with Crippen molar-refractivity contribution in [1.82, 2.24) is 9.88 Å². The lowest BCUT2D eigenvalue weighted by Crippen LogP contribution is -2.27. The van der Waals surface area contributed by atoms with Crippen molar-refractivity contribution < 1.29 is 14.1 Å². The Hall–Kier alpha value is -3.48. The summed E-state index contributed by atoms with van der Waals surface area (Å²) >= 11 is 0. The SMILES string of the molecule is Cc1oc(-c2ccccc2)nc1C(=O)N(C)Cc1cccc([N+](=O)[O-])c1. The number of aryl methyl sites for hydroxylation is 1. The topological polar surface area (TPSA) is 89.5 Å². The zero-order valence-electron chi connectivity index (χ0n) is 14.4. The number of oxazole rings is 1. The number of carbonyl (C=O) groups excluding carboxylic acids is 1. The Morgan fingerprint density at radius 1 is 1.19 bits per heavy atom. The lowest BCUT2D eigenvalue weighted by Gasteiger charge is -2.16. The number of amides is 1. The molecule has 0 aliphatic carbocycles. The van der Waals surface area contributed by atoms with Crippen molar-refractivity contribution in [3.63, 3.8) is 0 Å². The summed E-state index contributed by atoms with van der Waals surface area (Å²) in [6.45, 7) is 1.92. The van der Waals surface area contributed by atoms with Crippen LogP contribution in [0.25, 0.3) is 11.5 Å². The average molecular weight is 351 g/mol. The predicted octanol–water partition coefficient (Wildman–Crippen LogP) is 3.83. The molecule has 3 aromatic rings. The molecule has 0 spiro atoms. The van der Waals surface area contributed by atoms with E-state index in [0.717, 1.165) is 5.56 Å². The van der Waals surface area contributed by atoms with Crippen molar-refractivity contribution in [1.29, 1.82) is 0 Å². The van der Waals surface area contributed by atoms with Gasteiger partial charge in [0.05, 0.1) is 4.92 Å². The fraction of sp³-hybridized carbons (Fsp3) is 0.158. The van der Waals surface area contributed by atoms with Gasteiger partial charge in [-0.1, -0.05) is 30.3 Å². The maximum Gasteiger partial charge on any atom is 0.276 e. The first-order valence-corrected chi connectivity index (χ1v) is 7.97. The van der Waals surface area contributed by atoms with E-state index in [1.165, 1.54) is 17.0 Å². The summed E-state index contributed by atoms with van der Waals surface area (Å²) in [4.78, 5) is 28.9. The first-order valence-electron chi connectivity index (χ1n) is 7.97. The molecular weight excluding hydrogens is 334 g/mol. The van der Waals surface area contributed by atoms with E-state index >= 15 is 0 Å². The van der Waals surface area contributed by atoms with Crippen molar-refractivity contribution in [3.05, 3.63) is 81.7 Å². The highest BCUT2D eigenvalue weighted by atomic mass is 16.6. The molecule has 0 fully saturated rings. The lowest BCUT2D eigenvalue weighted by molar-refractivity contribution is -0.384. The van der Waals surface area contributed by atoms with Crippen molar-refractivity contribution in [2.75, 3.05) is 7.05 Å². The molecule has 0 unspecified atom stereocenters. The van der Waals surface area contributed by atoms with Crippen LogP contribution in [0.1, 0.15) is 21.8 Å². The molecule has 0 bridgehead atoms. The van der Waals surface area contributed by atoms with Crippen LogP contribution in [0.2, 0.25) is 0 Å². The highest BCUT2D eigenvalue weighted by Gasteiger charge is 2.21. The largest absolute Gasteiger partial charge is 0.441 e. The zero-order valence-corrected chi connectivity index (χ0v) is 14.4. The van der Waals surface area contributed by atoms with Crippen LogP contribution in [-0.2, 0) is 6.54 Å². The van der Waals surface area contributed by atoms with E-state index in [1.54, 1.807) is 26.1 Å². The van der Waals surface area contributed by atoms with Gasteiger partial charge < -0.3 is 9.32 Å². The van der Waals surface area contributed by atoms with Gasteiger partial charge in [0.25, 0.3) is 11.6 Å². The molecule has 7 nitrogen and oxygen atoms in total. The molecule has 0 aliphatic rings. The van der Waals surface area contributed by atoms with Gasteiger partial charge in [-0.15, -0.1) is 0 Å². The van der Waals surface area contributed by atoms with E-state index in [1.807, 2.05) is 30.3 Å². The van der Waals surface area contributed by atoms with Crippen LogP contribution in [-0.4, -0.2) is 27.8 Å². The highest BCUT2D eigenvalue weighted by molar-refractivity contribution is 5.93. The number of rotatable bonds is 5. The third-order valence-corrected chi connectivity index (χ3v) is 3.91. The van der Waals surface area contributed by atoms with Crippen LogP contribution in [0.5, 0.6) is 0 Å². The van der Waals surface area contributed by atoms with Gasteiger partial charge in [0.1, 0.15) is 5.76 Å². The summed E-state index contributed by atoms with van der Waals surface area (Å²) in [5, 5.41) is 10.9. The molecule has 3 rings (SSSR count). The minimum absolute atomic E-state index is 0.00710. The quantitative estimate of drug-likeness (QED) is 0.515. The average Bonchev–Trinajstić information content (AvgIpc) is 3.03. The summed E-state index contributed by atoms with van der Waals surface area (Å²) in [6, 6.07) is 15.5. The van der Waals surface area contributed by atoms with Gasteiger partial charge in [0.2, 0.25) is 5.89 Å². The number of hydrogen-bond donors (Lipinski definition) is 0. The Balaban J connectivity index is 1.80. The Kier molecular flexibility index (Phi) is 4.79. The Morgan fingerprint density at radius 3 is 2.62 bits per heavy atom. The molecule has 2 aromatic carbocycles. The summed E-state index contributed by atoms with van der Waals surface area (Å²) in [7, 11) is 1.62. The van der Waals surface area contributed by atoms with E-state index in [2.05, 4.69) is 4.98 Å². The van der Waals surface area contributed by atoms with Gasteiger partial charge in [-0.3, -0.25) is 14.9 Å². The normalized spacial score (nSPS) is 10.5. The number of benzene rings is 2. The third kappa shape index (κ3) is 3.61. The first kappa shape index (κ1) is 17.3. The van der Waals surface area contributed by atoms with Crippen LogP contribution in [0.4, 0.5) is 5.69 Å². The van der Waals surface area contributed by atoms with Crippen molar-refractivity contribution >= 4 is 11.6 Å². The molecule has 0 radical (unpaired) electrons. The molecule has 0 aliphatic heterocycles. The predicted molar refractivity (Wildman–Crippen MR) is 95.6 cm³/mol. The standard InChI is InChI=1S/C19H17N3O4/c1-13-17(20-18(26-13)15-8-4-3-5-9-15)19(23)21(2)12-14-7-6-10-16(11-14)22(24)25/h3-11H,12H2,1-2H3. The molecule has 0 N–H and O–H groups in total. The number of nitro benzene ring substituents is 1. The van der Waals surface area contributed by atoms with Gasteiger partial charge in [-0.25, -0.2) is 4.98 Å². The smallest absolute Gasteiger partial charge is 0.276 e. The van der Waals surface area contributed by atoms with Gasteiger partial charge in [0, 0.05) is 31.3 Å². The van der Waals surface area contributed by atoms with Gasteiger partial charge in [-0.2, -0.15) is 0 Å². The van der Waals surface area contributed by atoms with Gasteiger partial charge in [0.15, 0.2) is 5.69 Å². The molecular formula is C19H17N3O4. The van der Waals surface area contributed by atoms with Gasteiger partial charge in [-0.05, 0) is 24.6 Å². The van der Waals surface area contributed by atoms with E-state index in [4.69, 9.17) is 4.42 Å². The Morgan fingerprint density at radius 2 is 1.92 bits per heavy atom. The van der Waals surface area contributed by atoms with E-state index in [-0.39, 0.29) is 23.8 Å². The van der Waals surface area contributed by atoms with E-state index < -0.39 is 4.92 Å². The van der Waals surface area contributed by atoms with Crippen molar-refractivity contribution in [2.45, 2.75) is 13.5 Å². The summed E-state index contributed by atoms with van der Waals surface area (Å²) in [5.74, 6) is 0.509. The van der Waals surface area contributed by atoms with Crippen LogP contribution in [0.15, 0.2) is 59.0 Å². The third-order valence-electron chi connectivity index (χ3n) is 3.91. The monoisotopic (exact) mass is 351 g/mol. The van der Waals surface area contributed by atoms with E-state index in [9.17, 15) is 14.9 Å². The molecule has 0 atom stereocenters. The Bertz CT molecular complexity index is 950. The fourth-order valence-corrected chi connectivity index (χ4v) is 2.59. The summed E-state index contributed by atoms with van der Waals surface area (Å²) in [5.41, 5.74) is 1.68. The lowest BCUT2D eigenvalue weighted by atomic mass is 10.2. The van der Waals surface area contributed by atoms with Crippen LogP contribution < -0.4 is 0 Å². The number of nitro groups is 1. The maximum absolute atomic E-state index is 12.7. The minimum atomic E-state index is -0.459. The second kappa shape index (κ2) is 7.18. The number of carbonyl (C=O) groups is 1. The number of nitrogens with zero attached hydrogens (tertiary/aromatic N) is 3. The van der Waals surface area contributed by atoms with Crippen LogP contribution in [0.3, 0.4) is 0 Å².